The predicted octanol–water partition coefficient (Wildman–Crippen LogP) is 1.46. The number of hydrogen-bond donors (Lipinski definition) is 1. The molecule has 0 spiro atoms. The molecule has 0 aromatic carbocycles. The fraction of sp³-hybridized carbons (Fsp3) is 0.933. The Bertz CT molecular complexity index is 283. The first-order valence-corrected chi connectivity index (χ1v) is 7.99. The van der Waals surface area contributed by atoms with E-state index in [9.17, 15) is 4.79 Å². The Hall–Kier alpha value is -0.610. The smallest absolute Gasteiger partial charge is 0.239 e. The Balaban J connectivity index is 1.94. The SMILES string of the molecule is CCN(C1CCNCC1)C(C)C(=O)N1CCCCC1. The summed E-state index contributed by atoms with van der Waals surface area (Å²) in [6.45, 7) is 9.37. The van der Waals surface area contributed by atoms with Crippen molar-refractivity contribution < 1.29 is 4.79 Å². The normalized spacial score (nSPS) is 23.6. The third-order valence-corrected chi connectivity index (χ3v) is 4.67. The van der Waals surface area contributed by atoms with Gasteiger partial charge in [-0.2, -0.15) is 0 Å². The molecule has 0 aromatic rings. The molecule has 4 nitrogen and oxygen atoms in total. The average molecular weight is 267 g/mol. The summed E-state index contributed by atoms with van der Waals surface area (Å²) >= 11 is 0. The van der Waals surface area contributed by atoms with Gasteiger partial charge in [-0.1, -0.05) is 6.92 Å². The number of carbonyl (C=O) groups excluding carboxylic acids is 1. The molecule has 2 saturated heterocycles. The summed E-state index contributed by atoms with van der Waals surface area (Å²) in [7, 11) is 0. The maximum Gasteiger partial charge on any atom is 0.239 e. The number of nitrogens with zero attached hydrogens (tertiary/aromatic N) is 2. The van der Waals surface area contributed by atoms with Gasteiger partial charge in [-0.25, -0.2) is 0 Å². The monoisotopic (exact) mass is 267 g/mol. The van der Waals surface area contributed by atoms with Gasteiger partial charge >= 0.3 is 0 Å². The van der Waals surface area contributed by atoms with Crippen molar-refractivity contribution >= 4 is 5.91 Å². The molecule has 0 aliphatic carbocycles. The molecule has 1 N–H and O–H groups in total. The minimum atomic E-state index is 0.0474. The van der Waals surface area contributed by atoms with Crippen molar-refractivity contribution in [3.63, 3.8) is 0 Å². The minimum absolute atomic E-state index is 0.0474. The first-order valence-electron chi connectivity index (χ1n) is 7.99. The quantitative estimate of drug-likeness (QED) is 0.837. The molecule has 2 aliphatic rings. The summed E-state index contributed by atoms with van der Waals surface area (Å²) in [6.07, 6.45) is 5.98. The number of likely N-dealkylation sites (N-methyl/N-ethyl adjacent to an activating group) is 1. The molecule has 1 unspecified atom stereocenters. The predicted molar refractivity (Wildman–Crippen MR) is 78.2 cm³/mol. The number of amides is 1. The third kappa shape index (κ3) is 3.69. The molecule has 2 heterocycles. The Kier molecular flexibility index (Phi) is 5.64. The van der Waals surface area contributed by atoms with Crippen molar-refractivity contribution in [2.45, 2.75) is 58.0 Å². The van der Waals surface area contributed by atoms with E-state index in [1.807, 2.05) is 0 Å². The third-order valence-electron chi connectivity index (χ3n) is 4.67. The van der Waals surface area contributed by atoms with Gasteiger partial charge in [0.2, 0.25) is 5.91 Å². The lowest BCUT2D eigenvalue weighted by molar-refractivity contribution is -0.138. The van der Waals surface area contributed by atoms with Crippen molar-refractivity contribution in [2.24, 2.45) is 0 Å². The zero-order valence-electron chi connectivity index (χ0n) is 12.5. The lowest BCUT2D eigenvalue weighted by atomic mass is 10.0. The van der Waals surface area contributed by atoms with E-state index in [4.69, 9.17) is 0 Å². The summed E-state index contributed by atoms with van der Waals surface area (Å²) in [5.74, 6) is 0.347. The van der Waals surface area contributed by atoms with Gasteiger partial charge in [-0.3, -0.25) is 9.69 Å². The first kappa shape index (κ1) is 14.8. The molecule has 0 radical (unpaired) electrons. The summed E-state index contributed by atoms with van der Waals surface area (Å²) in [4.78, 5) is 17.1. The van der Waals surface area contributed by atoms with Gasteiger partial charge in [0.25, 0.3) is 0 Å². The van der Waals surface area contributed by atoms with Crippen molar-refractivity contribution in [3.05, 3.63) is 0 Å². The maximum atomic E-state index is 12.6. The zero-order chi connectivity index (χ0) is 13.7. The fourth-order valence-electron chi connectivity index (χ4n) is 3.51. The molecule has 0 bridgehead atoms. The highest BCUT2D eigenvalue weighted by molar-refractivity contribution is 5.81. The Morgan fingerprint density at radius 1 is 1.26 bits per heavy atom. The van der Waals surface area contributed by atoms with Crippen LogP contribution < -0.4 is 5.32 Å². The number of carbonyl (C=O) groups is 1. The number of nitrogens with one attached hydrogen (secondary N) is 1. The first-order chi connectivity index (χ1) is 9.24. The molecule has 0 saturated carbocycles. The Morgan fingerprint density at radius 2 is 1.89 bits per heavy atom. The second kappa shape index (κ2) is 7.25. The van der Waals surface area contributed by atoms with Crippen LogP contribution in [0.3, 0.4) is 0 Å². The standard InChI is InChI=1S/C15H29N3O/c1-3-18(14-7-9-16-10-8-14)13(2)15(19)17-11-5-4-6-12-17/h13-14,16H,3-12H2,1-2H3. The van der Waals surface area contributed by atoms with E-state index in [0.717, 1.165) is 32.7 Å². The van der Waals surface area contributed by atoms with E-state index < -0.39 is 0 Å². The van der Waals surface area contributed by atoms with Crippen molar-refractivity contribution in [3.8, 4) is 0 Å². The van der Waals surface area contributed by atoms with Gasteiger partial charge in [0.05, 0.1) is 6.04 Å². The molecule has 4 heteroatoms. The highest BCUT2D eigenvalue weighted by Gasteiger charge is 2.30. The molecule has 2 rings (SSSR count). The van der Waals surface area contributed by atoms with Crippen molar-refractivity contribution in [2.75, 3.05) is 32.7 Å². The van der Waals surface area contributed by atoms with Crippen molar-refractivity contribution in [1.82, 2.24) is 15.1 Å². The van der Waals surface area contributed by atoms with Crippen LogP contribution in [0.25, 0.3) is 0 Å². The van der Waals surface area contributed by atoms with E-state index in [1.54, 1.807) is 0 Å². The van der Waals surface area contributed by atoms with Crippen LogP contribution in [-0.2, 0) is 4.79 Å². The highest BCUT2D eigenvalue weighted by atomic mass is 16.2. The van der Waals surface area contributed by atoms with E-state index >= 15 is 0 Å². The zero-order valence-corrected chi connectivity index (χ0v) is 12.5. The molecule has 1 atom stereocenters. The lowest BCUT2D eigenvalue weighted by Gasteiger charge is -2.39. The fourth-order valence-corrected chi connectivity index (χ4v) is 3.51. The lowest BCUT2D eigenvalue weighted by Crippen LogP contribution is -2.54. The average Bonchev–Trinajstić information content (AvgIpc) is 2.49. The van der Waals surface area contributed by atoms with E-state index in [-0.39, 0.29) is 6.04 Å². The minimum Gasteiger partial charge on any atom is -0.341 e. The number of likely N-dealkylation sites (tertiary alicyclic amines) is 1. The summed E-state index contributed by atoms with van der Waals surface area (Å²) < 4.78 is 0. The van der Waals surface area contributed by atoms with Gasteiger partial charge in [0, 0.05) is 19.1 Å². The molecule has 2 aliphatic heterocycles. The Labute approximate surface area is 117 Å². The van der Waals surface area contributed by atoms with Crippen LogP contribution in [0.15, 0.2) is 0 Å². The topological polar surface area (TPSA) is 35.6 Å². The van der Waals surface area contributed by atoms with Crippen molar-refractivity contribution in [1.29, 1.82) is 0 Å². The van der Waals surface area contributed by atoms with E-state index in [2.05, 4.69) is 29.0 Å². The van der Waals surface area contributed by atoms with E-state index in [1.165, 1.54) is 32.1 Å². The molecule has 2 fully saturated rings. The van der Waals surface area contributed by atoms with Gasteiger partial charge in [-0.15, -0.1) is 0 Å². The molecule has 0 aromatic heterocycles. The van der Waals surface area contributed by atoms with Gasteiger partial charge < -0.3 is 10.2 Å². The van der Waals surface area contributed by atoms with Crippen LogP contribution in [-0.4, -0.2) is 60.5 Å². The molecular weight excluding hydrogens is 238 g/mol. The number of piperidine rings is 2. The van der Waals surface area contributed by atoms with Crippen LogP contribution >= 0.6 is 0 Å². The second-order valence-electron chi connectivity index (χ2n) is 5.87. The maximum absolute atomic E-state index is 12.6. The van der Waals surface area contributed by atoms with Crippen LogP contribution in [0.4, 0.5) is 0 Å². The van der Waals surface area contributed by atoms with Crippen LogP contribution in [0.2, 0.25) is 0 Å². The van der Waals surface area contributed by atoms with E-state index in [0.29, 0.717) is 11.9 Å². The molecule has 19 heavy (non-hydrogen) atoms. The van der Waals surface area contributed by atoms with Gasteiger partial charge in [-0.05, 0) is 58.7 Å². The highest BCUT2D eigenvalue weighted by Crippen LogP contribution is 2.18. The molecule has 110 valence electrons. The summed E-state index contributed by atoms with van der Waals surface area (Å²) in [6, 6.07) is 0.626. The number of rotatable bonds is 4. The largest absolute Gasteiger partial charge is 0.341 e. The van der Waals surface area contributed by atoms with Crippen LogP contribution in [0.5, 0.6) is 0 Å². The summed E-state index contributed by atoms with van der Waals surface area (Å²) in [5.41, 5.74) is 0. The van der Waals surface area contributed by atoms with Gasteiger partial charge in [0.15, 0.2) is 0 Å². The number of hydrogen-bond acceptors (Lipinski definition) is 3. The molecule has 1 amide bonds. The van der Waals surface area contributed by atoms with Crippen LogP contribution in [0, 0.1) is 0 Å². The van der Waals surface area contributed by atoms with Crippen LogP contribution in [0.1, 0.15) is 46.0 Å². The van der Waals surface area contributed by atoms with Gasteiger partial charge in [0.1, 0.15) is 0 Å². The Morgan fingerprint density at radius 3 is 2.47 bits per heavy atom. The molecular formula is C15H29N3O. The second-order valence-corrected chi connectivity index (χ2v) is 5.87. The summed E-state index contributed by atoms with van der Waals surface area (Å²) in [5, 5.41) is 3.40.